The number of hydrogen-bond donors (Lipinski definition) is 2. The summed E-state index contributed by atoms with van der Waals surface area (Å²) in [5, 5.41) is 2.92. The first-order valence-corrected chi connectivity index (χ1v) is 7.14. The Bertz CT molecular complexity index is 405. The van der Waals surface area contributed by atoms with Gasteiger partial charge in [0.1, 0.15) is 0 Å². The SMILES string of the molecule is CC(C)CCCCNC(=O)c1cccc(N)c1Br. The molecule has 18 heavy (non-hydrogen) atoms. The number of unbranched alkanes of at least 4 members (excludes halogenated alkanes) is 1. The van der Waals surface area contributed by atoms with Crippen LogP contribution in [0.1, 0.15) is 43.5 Å². The fraction of sp³-hybridized carbons (Fsp3) is 0.500. The Morgan fingerprint density at radius 1 is 1.39 bits per heavy atom. The number of halogens is 1. The first kappa shape index (κ1) is 15.0. The largest absolute Gasteiger partial charge is 0.398 e. The quantitative estimate of drug-likeness (QED) is 0.623. The molecule has 4 heteroatoms. The molecule has 0 aliphatic carbocycles. The number of hydrogen-bond acceptors (Lipinski definition) is 2. The molecule has 0 spiro atoms. The summed E-state index contributed by atoms with van der Waals surface area (Å²) < 4.78 is 0.671. The molecule has 1 amide bonds. The minimum atomic E-state index is -0.0706. The van der Waals surface area contributed by atoms with E-state index < -0.39 is 0 Å². The summed E-state index contributed by atoms with van der Waals surface area (Å²) >= 11 is 3.34. The Hall–Kier alpha value is -1.03. The van der Waals surface area contributed by atoms with Gasteiger partial charge in [0.05, 0.1) is 10.0 Å². The van der Waals surface area contributed by atoms with Crippen LogP contribution >= 0.6 is 15.9 Å². The molecule has 0 atom stereocenters. The number of anilines is 1. The number of carbonyl (C=O) groups excluding carboxylic acids is 1. The van der Waals surface area contributed by atoms with E-state index >= 15 is 0 Å². The molecular formula is C14H21BrN2O. The van der Waals surface area contributed by atoms with E-state index in [-0.39, 0.29) is 5.91 Å². The Morgan fingerprint density at radius 3 is 2.78 bits per heavy atom. The molecule has 0 bridgehead atoms. The molecule has 100 valence electrons. The van der Waals surface area contributed by atoms with Crippen LogP contribution < -0.4 is 11.1 Å². The summed E-state index contributed by atoms with van der Waals surface area (Å²) in [6.07, 6.45) is 3.37. The fourth-order valence-electron chi connectivity index (χ4n) is 1.70. The number of nitrogens with two attached hydrogens (primary N) is 1. The second-order valence-electron chi connectivity index (χ2n) is 4.85. The fourth-order valence-corrected chi connectivity index (χ4v) is 2.14. The normalized spacial score (nSPS) is 10.7. The Kier molecular flexibility index (Phi) is 6.19. The van der Waals surface area contributed by atoms with Crippen LogP contribution in [0.5, 0.6) is 0 Å². The molecule has 1 rings (SSSR count). The average Bonchev–Trinajstić information content (AvgIpc) is 2.31. The minimum Gasteiger partial charge on any atom is -0.398 e. The van der Waals surface area contributed by atoms with Crippen molar-refractivity contribution in [2.24, 2.45) is 5.92 Å². The van der Waals surface area contributed by atoms with E-state index in [2.05, 4.69) is 35.1 Å². The van der Waals surface area contributed by atoms with Crippen molar-refractivity contribution >= 4 is 27.5 Å². The van der Waals surface area contributed by atoms with Crippen molar-refractivity contribution in [1.82, 2.24) is 5.32 Å². The molecule has 0 aliphatic rings. The Labute approximate surface area is 117 Å². The van der Waals surface area contributed by atoms with Gasteiger partial charge in [0.2, 0.25) is 0 Å². The molecule has 0 fully saturated rings. The number of benzene rings is 1. The first-order valence-electron chi connectivity index (χ1n) is 6.34. The highest BCUT2D eigenvalue weighted by Gasteiger charge is 2.10. The number of nitrogens with one attached hydrogen (secondary N) is 1. The van der Waals surface area contributed by atoms with Crippen LogP contribution in [0.15, 0.2) is 22.7 Å². The van der Waals surface area contributed by atoms with Crippen LogP contribution in [0.25, 0.3) is 0 Å². The van der Waals surface area contributed by atoms with Crippen LogP contribution in [0.3, 0.4) is 0 Å². The van der Waals surface area contributed by atoms with Crippen LogP contribution in [0.4, 0.5) is 5.69 Å². The van der Waals surface area contributed by atoms with Crippen molar-refractivity contribution in [2.75, 3.05) is 12.3 Å². The molecule has 0 saturated carbocycles. The van der Waals surface area contributed by atoms with Gasteiger partial charge in [0.25, 0.3) is 5.91 Å². The number of amides is 1. The molecule has 1 aromatic rings. The Morgan fingerprint density at radius 2 is 2.11 bits per heavy atom. The van der Waals surface area contributed by atoms with Gasteiger partial charge in [-0.25, -0.2) is 0 Å². The van der Waals surface area contributed by atoms with Crippen molar-refractivity contribution in [2.45, 2.75) is 33.1 Å². The van der Waals surface area contributed by atoms with E-state index in [0.717, 1.165) is 18.8 Å². The molecule has 0 heterocycles. The third kappa shape index (κ3) is 4.69. The zero-order valence-corrected chi connectivity index (χ0v) is 12.6. The Balaban J connectivity index is 2.39. The maximum Gasteiger partial charge on any atom is 0.252 e. The molecule has 1 aromatic carbocycles. The van der Waals surface area contributed by atoms with E-state index in [9.17, 15) is 4.79 Å². The molecule has 0 aromatic heterocycles. The molecule has 0 saturated heterocycles. The second-order valence-corrected chi connectivity index (χ2v) is 5.65. The van der Waals surface area contributed by atoms with Gasteiger partial charge in [-0.1, -0.05) is 32.8 Å². The van der Waals surface area contributed by atoms with Gasteiger partial charge < -0.3 is 11.1 Å². The van der Waals surface area contributed by atoms with Gasteiger partial charge in [-0.05, 0) is 40.4 Å². The van der Waals surface area contributed by atoms with E-state index in [4.69, 9.17) is 5.73 Å². The van der Waals surface area contributed by atoms with Crippen LogP contribution in [0.2, 0.25) is 0 Å². The highest BCUT2D eigenvalue weighted by molar-refractivity contribution is 9.10. The van der Waals surface area contributed by atoms with E-state index in [1.54, 1.807) is 18.2 Å². The van der Waals surface area contributed by atoms with Gasteiger partial charge in [-0.2, -0.15) is 0 Å². The molecule has 3 N–H and O–H groups in total. The number of rotatable bonds is 6. The van der Waals surface area contributed by atoms with Gasteiger partial charge in [0.15, 0.2) is 0 Å². The third-order valence-corrected chi connectivity index (χ3v) is 3.65. The number of carbonyl (C=O) groups is 1. The van der Waals surface area contributed by atoms with Crippen LogP contribution in [-0.2, 0) is 0 Å². The predicted octanol–water partition coefficient (Wildman–Crippen LogP) is 3.59. The lowest BCUT2D eigenvalue weighted by atomic mass is 10.1. The van der Waals surface area contributed by atoms with Crippen molar-refractivity contribution in [1.29, 1.82) is 0 Å². The van der Waals surface area contributed by atoms with E-state index in [1.165, 1.54) is 6.42 Å². The molecule has 0 unspecified atom stereocenters. The minimum absolute atomic E-state index is 0.0706. The smallest absolute Gasteiger partial charge is 0.252 e. The van der Waals surface area contributed by atoms with Gasteiger partial charge in [-0.3, -0.25) is 4.79 Å². The highest BCUT2D eigenvalue weighted by atomic mass is 79.9. The van der Waals surface area contributed by atoms with Gasteiger partial charge in [-0.15, -0.1) is 0 Å². The lowest BCUT2D eigenvalue weighted by molar-refractivity contribution is 0.0952. The summed E-state index contributed by atoms with van der Waals surface area (Å²) in [5.41, 5.74) is 6.92. The standard InChI is InChI=1S/C14H21BrN2O/c1-10(2)6-3-4-9-17-14(18)11-7-5-8-12(16)13(11)15/h5,7-8,10H,3-4,6,9,16H2,1-2H3,(H,17,18). The summed E-state index contributed by atoms with van der Waals surface area (Å²) in [6, 6.07) is 5.32. The monoisotopic (exact) mass is 312 g/mol. The summed E-state index contributed by atoms with van der Waals surface area (Å²) in [4.78, 5) is 11.9. The van der Waals surface area contributed by atoms with Gasteiger partial charge >= 0.3 is 0 Å². The highest BCUT2D eigenvalue weighted by Crippen LogP contribution is 2.23. The topological polar surface area (TPSA) is 55.1 Å². The van der Waals surface area contributed by atoms with Crippen LogP contribution in [0, 0.1) is 5.92 Å². The van der Waals surface area contributed by atoms with Crippen LogP contribution in [-0.4, -0.2) is 12.5 Å². The molecule has 0 aliphatic heterocycles. The third-order valence-electron chi connectivity index (χ3n) is 2.77. The zero-order chi connectivity index (χ0) is 13.5. The second kappa shape index (κ2) is 7.41. The van der Waals surface area contributed by atoms with Crippen molar-refractivity contribution in [3.63, 3.8) is 0 Å². The summed E-state index contributed by atoms with van der Waals surface area (Å²) in [6.45, 7) is 5.14. The molecule has 0 radical (unpaired) electrons. The van der Waals surface area contributed by atoms with Crippen molar-refractivity contribution in [3.05, 3.63) is 28.2 Å². The van der Waals surface area contributed by atoms with Crippen molar-refractivity contribution in [3.8, 4) is 0 Å². The average molecular weight is 313 g/mol. The van der Waals surface area contributed by atoms with E-state index in [0.29, 0.717) is 22.3 Å². The van der Waals surface area contributed by atoms with E-state index in [1.807, 2.05) is 0 Å². The lowest BCUT2D eigenvalue weighted by Gasteiger charge is -2.09. The maximum atomic E-state index is 11.9. The first-order chi connectivity index (χ1) is 8.52. The zero-order valence-electron chi connectivity index (χ0n) is 11.0. The van der Waals surface area contributed by atoms with Crippen molar-refractivity contribution < 1.29 is 4.79 Å². The predicted molar refractivity (Wildman–Crippen MR) is 79.6 cm³/mol. The lowest BCUT2D eigenvalue weighted by Crippen LogP contribution is -2.25. The maximum absolute atomic E-state index is 11.9. The molecule has 3 nitrogen and oxygen atoms in total. The molecular weight excluding hydrogens is 292 g/mol. The number of nitrogen functional groups attached to an aromatic ring is 1. The van der Waals surface area contributed by atoms with Gasteiger partial charge in [0, 0.05) is 12.2 Å². The summed E-state index contributed by atoms with van der Waals surface area (Å²) in [7, 11) is 0. The summed E-state index contributed by atoms with van der Waals surface area (Å²) in [5.74, 6) is 0.655.